The maximum Gasteiger partial charge on any atom is 0.177 e. The number of hydrogen-bond donors (Lipinski definition) is 3. The molecule has 0 amide bonds. The van der Waals surface area contributed by atoms with Gasteiger partial charge in [-0.2, -0.15) is 0 Å². The molecule has 3 rings (SSSR count). The van der Waals surface area contributed by atoms with Crippen LogP contribution in [-0.4, -0.2) is 65.1 Å². The van der Waals surface area contributed by atoms with Crippen LogP contribution in [0.4, 0.5) is 0 Å². The fourth-order valence-electron chi connectivity index (χ4n) is 2.59. The maximum absolute atomic E-state index is 10.2. The highest BCUT2D eigenvalue weighted by molar-refractivity contribution is 5.83. The predicted octanol–water partition coefficient (Wildman–Crippen LogP) is 0.0192. The third-order valence-corrected chi connectivity index (χ3v) is 3.80. The molecule has 0 aromatic heterocycles. The van der Waals surface area contributed by atoms with Crippen molar-refractivity contribution in [3.8, 4) is 5.75 Å². The van der Waals surface area contributed by atoms with Crippen LogP contribution in [0.1, 0.15) is 12.5 Å². The van der Waals surface area contributed by atoms with Crippen LogP contribution < -0.4 is 0 Å². The van der Waals surface area contributed by atoms with Gasteiger partial charge in [-0.05, 0) is 19.1 Å². The molecule has 3 N–H and O–H groups in total. The molecule has 7 nitrogen and oxygen atoms in total. The molecule has 2 fully saturated rings. The van der Waals surface area contributed by atoms with Crippen LogP contribution in [0.3, 0.4) is 0 Å². The normalized spacial score (nSPS) is 38.9. The summed E-state index contributed by atoms with van der Waals surface area (Å²) < 4.78 is 16.4. The predicted molar refractivity (Wildman–Crippen MR) is 76.7 cm³/mol. The summed E-state index contributed by atoms with van der Waals surface area (Å²) in [7, 11) is 0. The number of rotatable bonds is 2. The van der Waals surface area contributed by atoms with Crippen molar-refractivity contribution in [2.75, 3.05) is 6.61 Å². The van der Waals surface area contributed by atoms with Gasteiger partial charge in [-0.25, -0.2) is 0 Å². The van der Waals surface area contributed by atoms with Gasteiger partial charge in [-0.3, -0.25) is 4.99 Å². The highest BCUT2D eigenvalue weighted by atomic mass is 16.7. The number of hydrogen-bond acceptors (Lipinski definition) is 7. The second kappa shape index (κ2) is 6.31. The van der Waals surface area contributed by atoms with Gasteiger partial charge in [0.05, 0.1) is 6.61 Å². The number of fused-ring (bicyclic) bond motifs is 1. The number of phenols is 1. The van der Waals surface area contributed by atoms with Crippen molar-refractivity contribution >= 4 is 6.21 Å². The summed E-state index contributed by atoms with van der Waals surface area (Å²) in [5.74, 6) is 0.0770. The molecule has 6 unspecified atom stereocenters. The van der Waals surface area contributed by atoms with E-state index in [-0.39, 0.29) is 12.4 Å². The summed E-state index contributed by atoms with van der Waals surface area (Å²) in [5, 5.41) is 30.0. The van der Waals surface area contributed by atoms with Crippen LogP contribution in [0.5, 0.6) is 5.75 Å². The molecule has 2 heterocycles. The zero-order valence-corrected chi connectivity index (χ0v) is 12.1. The van der Waals surface area contributed by atoms with Gasteiger partial charge in [-0.1, -0.05) is 12.1 Å². The molecule has 7 heteroatoms. The van der Waals surface area contributed by atoms with Gasteiger partial charge < -0.3 is 29.5 Å². The van der Waals surface area contributed by atoms with E-state index in [4.69, 9.17) is 14.2 Å². The van der Waals surface area contributed by atoms with E-state index in [1.54, 1.807) is 25.1 Å². The Labute approximate surface area is 127 Å². The van der Waals surface area contributed by atoms with Gasteiger partial charge in [-0.15, -0.1) is 0 Å². The SMILES string of the molecule is CC1OCC2OC(N=Cc3ccccc3O)C(O)C(O)C2O1. The third kappa shape index (κ3) is 2.99. The third-order valence-electron chi connectivity index (χ3n) is 3.80. The fourth-order valence-corrected chi connectivity index (χ4v) is 2.59. The van der Waals surface area contributed by atoms with E-state index in [1.165, 1.54) is 12.3 Å². The Kier molecular flexibility index (Phi) is 4.42. The van der Waals surface area contributed by atoms with Gasteiger partial charge in [0.25, 0.3) is 0 Å². The zero-order chi connectivity index (χ0) is 15.7. The highest BCUT2D eigenvalue weighted by Crippen LogP contribution is 2.28. The summed E-state index contributed by atoms with van der Waals surface area (Å²) in [5.41, 5.74) is 0.500. The molecule has 120 valence electrons. The van der Waals surface area contributed by atoms with Crippen molar-refractivity contribution in [1.29, 1.82) is 0 Å². The van der Waals surface area contributed by atoms with Gasteiger partial charge in [0.15, 0.2) is 12.5 Å². The number of benzene rings is 1. The fraction of sp³-hybridized carbons (Fsp3) is 0.533. The second-order valence-corrected chi connectivity index (χ2v) is 5.38. The van der Waals surface area contributed by atoms with Crippen molar-refractivity contribution < 1.29 is 29.5 Å². The lowest BCUT2D eigenvalue weighted by Crippen LogP contribution is -2.62. The van der Waals surface area contributed by atoms with E-state index >= 15 is 0 Å². The van der Waals surface area contributed by atoms with Crippen molar-refractivity contribution in [3.63, 3.8) is 0 Å². The van der Waals surface area contributed by atoms with Crippen LogP contribution in [-0.2, 0) is 14.2 Å². The number of aromatic hydroxyl groups is 1. The maximum atomic E-state index is 10.2. The molecule has 2 saturated heterocycles. The van der Waals surface area contributed by atoms with Gasteiger partial charge in [0, 0.05) is 11.8 Å². The Morgan fingerprint density at radius 3 is 2.73 bits per heavy atom. The van der Waals surface area contributed by atoms with Crippen LogP contribution >= 0.6 is 0 Å². The van der Waals surface area contributed by atoms with Crippen LogP contribution in [0, 0.1) is 0 Å². The summed E-state index contributed by atoms with van der Waals surface area (Å²) in [6, 6.07) is 6.68. The number of aliphatic imine (C=N–C) groups is 1. The van der Waals surface area contributed by atoms with Crippen molar-refractivity contribution in [1.82, 2.24) is 0 Å². The quantitative estimate of drug-likeness (QED) is 0.666. The molecule has 2 aliphatic rings. The first-order valence-electron chi connectivity index (χ1n) is 7.16. The van der Waals surface area contributed by atoms with E-state index in [9.17, 15) is 15.3 Å². The molecule has 0 radical (unpaired) electrons. The molecule has 0 saturated carbocycles. The average molecular weight is 309 g/mol. The second-order valence-electron chi connectivity index (χ2n) is 5.38. The molecule has 1 aromatic carbocycles. The summed E-state index contributed by atoms with van der Waals surface area (Å²) >= 11 is 0. The average Bonchev–Trinajstić information content (AvgIpc) is 2.51. The molecule has 2 aliphatic heterocycles. The molecule has 1 aromatic rings. The van der Waals surface area contributed by atoms with Crippen molar-refractivity contribution in [2.24, 2.45) is 4.99 Å². The summed E-state index contributed by atoms with van der Waals surface area (Å²) in [6.45, 7) is 1.98. The smallest absolute Gasteiger partial charge is 0.177 e. The van der Waals surface area contributed by atoms with E-state index in [1.807, 2.05) is 0 Å². The molecule has 0 spiro atoms. The highest BCUT2D eigenvalue weighted by Gasteiger charge is 2.47. The minimum absolute atomic E-state index is 0.0770. The largest absolute Gasteiger partial charge is 0.507 e. The first-order chi connectivity index (χ1) is 10.6. The number of phenolic OH excluding ortho intramolecular Hbond substituents is 1. The van der Waals surface area contributed by atoms with E-state index < -0.39 is 36.9 Å². The number of ether oxygens (including phenoxy) is 3. The van der Waals surface area contributed by atoms with Gasteiger partial charge >= 0.3 is 0 Å². The number of nitrogens with zero attached hydrogens (tertiary/aromatic N) is 1. The number of aliphatic hydroxyl groups is 2. The Morgan fingerprint density at radius 2 is 1.95 bits per heavy atom. The first kappa shape index (κ1) is 15.4. The molecule has 0 aliphatic carbocycles. The lowest BCUT2D eigenvalue weighted by atomic mass is 9.97. The number of para-hydroxylation sites is 1. The van der Waals surface area contributed by atoms with Gasteiger partial charge in [0.1, 0.15) is 30.2 Å². The molecular formula is C15H19NO6. The Morgan fingerprint density at radius 1 is 1.18 bits per heavy atom. The number of aliphatic hydroxyl groups excluding tert-OH is 2. The topological polar surface area (TPSA) is 101 Å². The standard InChI is InChI=1S/C15H19NO6/c1-8-20-7-11-14(21-8)12(18)13(19)15(22-11)16-6-9-4-2-3-5-10(9)17/h2-6,8,11-15,17-19H,7H2,1H3. The zero-order valence-electron chi connectivity index (χ0n) is 12.1. The molecular weight excluding hydrogens is 290 g/mol. The van der Waals surface area contributed by atoms with Crippen molar-refractivity contribution in [3.05, 3.63) is 29.8 Å². The Hall–Kier alpha value is -1.51. The van der Waals surface area contributed by atoms with Crippen LogP contribution in [0.25, 0.3) is 0 Å². The van der Waals surface area contributed by atoms with E-state index in [0.717, 1.165) is 0 Å². The Balaban J connectivity index is 1.74. The minimum atomic E-state index is -1.21. The van der Waals surface area contributed by atoms with Crippen LogP contribution in [0.2, 0.25) is 0 Å². The lowest BCUT2D eigenvalue weighted by molar-refractivity contribution is -0.319. The van der Waals surface area contributed by atoms with E-state index in [2.05, 4.69) is 4.99 Å². The molecule has 0 bridgehead atoms. The van der Waals surface area contributed by atoms with Crippen molar-refractivity contribution in [2.45, 2.75) is 43.9 Å². The van der Waals surface area contributed by atoms with Crippen LogP contribution in [0.15, 0.2) is 29.3 Å². The van der Waals surface area contributed by atoms with E-state index in [0.29, 0.717) is 5.56 Å². The summed E-state index contributed by atoms with van der Waals surface area (Å²) in [6.07, 6.45) is -3.46. The van der Waals surface area contributed by atoms with Gasteiger partial charge in [0.2, 0.25) is 0 Å². The summed E-state index contributed by atoms with van der Waals surface area (Å²) in [4.78, 5) is 4.13. The minimum Gasteiger partial charge on any atom is -0.507 e. The Bertz CT molecular complexity index is 549. The molecule has 22 heavy (non-hydrogen) atoms. The monoisotopic (exact) mass is 309 g/mol. The first-order valence-corrected chi connectivity index (χ1v) is 7.16. The lowest BCUT2D eigenvalue weighted by Gasteiger charge is -2.44. The molecule has 6 atom stereocenters.